The predicted octanol–water partition coefficient (Wildman–Crippen LogP) is 4.06. The zero-order chi connectivity index (χ0) is 40.0. The SMILES string of the molecule is CN(C(=O)c1ccc2c(c1)CCN(CC(=O)N1CCc3cc4c(cc3C1)C(=O)N(C1CCC(=O)NC1=O)C4=O)CC2)[C@H]1CC[C@H](Oc2ccc(C#N)c(Cl)c2)CC1. The van der Waals surface area contributed by atoms with Crippen LogP contribution in [0.25, 0.3) is 0 Å². The number of carbonyl (C=O) groups is 6. The van der Waals surface area contributed by atoms with Crippen molar-refractivity contribution in [1.29, 1.82) is 5.26 Å². The molecule has 0 bridgehead atoms. The van der Waals surface area contributed by atoms with Crippen LogP contribution in [0.1, 0.15) is 97.4 Å². The van der Waals surface area contributed by atoms with Gasteiger partial charge in [-0.05, 0) is 110 Å². The predicted molar refractivity (Wildman–Crippen MR) is 207 cm³/mol. The van der Waals surface area contributed by atoms with Crippen molar-refractivity contribution in [2.75, 3.05) is 33.2 Å². The molecule has 5 aliphatic rings. The molecule has 0 spiro atoms. The van der Waals surface area contributed by atoms with Gasteiger partial charge in [0, 0.05) is 57.3 Å². The molecule has 2 fully saturated rings. The number of hydrogen-bond donors (Lipinski definition) is 1. The van der Waals surface area contributed by atoms with E-state index in [2.05, 4.69) is 16.3 Å². The van der Waals surface area contributed by atoms with Crippen LogP contribution in [0.4, 0.5) is 0 Å². The maximum Gasteiger partial charge on any atom is 0.262 e. The van der Waals surface area contributed by atoms with Gasteiger partial charge in [-0.15, -0.1) is 0 Å². The third-order valence-corrected chi connectivity index (χ3v) is 12.5. The molecule has 0 radical (unpaired) electrons. The molecule has 1 saturated carbocycles. The van der Waals surface area contributed by atoms with Crippen molar-refractivity contribution in [2.45, 2.75) is 82.5 Å². The van der Waals surface area contributed by atoms with Crippen LogP contribution >= 0.6 is 11.6 Å². The molecule has 0 aromatic heterocycles. The van der Waals surface area contributed by atoms with E-state index in [1.165, 1.54) is 5.56 Å². The van der Waals surface area contributed by atoms with Crippen molar-refractivity contribution in [2.24, 2.45) is 0 Å². The Morgan fingerprint density at radius 1 is 0.842 bits per heavy atom. The van der Waals surface area contributed by atoms with Crippen molar-refractivity contribution in [3.05, 3.63) is 98.1 Å². The van der Waals surface area contributed by atoms with Gasteiger partial charge in [0.05, 0.1) is 34.4 Å². The highest BCUT2D eigenvalue weighted by molar-refractivity contribution is 6.31. The average molecular weight is 791 g/mol. The minimum absolute atomic E-state index is 0.0110. The number of piperidine rings is 1. The van der Waals surface area contributed by atoms with E-state index in [1.54, 1.807) is 35.2 Å². The first-order valence-corrected chi connectivity index (χ1v) is 20.0. The molecule has 1 atom stereocenters. The number of nitrogens with zero attached hydrogens (tertiary/aromatic N) is 5. The van der Waals surface area contributed by atoms with E-state index in [-0.39, 0.29) is 54.5 Å². The Labute approximate surface area is 335 Å². The van der Waals surface area contributed by atoms with E-state index in [9.17, 15) is 28.8 Å². The number of rotatable bonds is 7. The van der Waals surface area contributed by atoms with Gasteiger partial charge in [0.25, 0.3) is 17.7 Å². The normalized spacial score (nSPS) is 22.2. The molecule has 57 heavy (non-hydrogen) atoms. The third-order valence-electron chi connectivity index (χ3n) is 12.2. The van der Waals surface area contributed by atoms with Crippen molar-refractivity contribution in [3.8, 4) is 11.8 Å². The van der Waals surface area contributed by atoms with Crippen LogP contribution in [-0.2, 0) is 40.2 Å². The van der Waals surface area contributed by atoms with Crippen LogP contribution in [0, 0.1) is 11.3 Å². The molecular formula is C43H43ClN6O7. The maximum absolute atomic E-state index is 13.7. The molecule has 3 aromatic carbocycles. The number of amides is 6. The summed E-state index contributed by atoms with van der Waals surface area (Å²) in [5.41, 5.74) is 5.54. The fraction of sp³-hybridized carbons (Fsp3) is 0.419. The van der Waals surface area contributed by atoms with Crippen LogP contribution in [0.3, 0.4) is 0 Å². The van der Waals surface area contributed by atoms with Gasteiger partial charge in [-0.25, -0.2) is 0 Å². The lowest BCUT2D eigenvalue weighted by molar-refractivity contribution is -0.136. The lowest BCUT2D eigenvalue weighted by Crippen LogP contribution is -2.54. The Bertz CT molecular complexity index is 2240. The summed E-state index contributed by atoms with van der Waals surface area (Å²) >= 11 is 6.18. The first-order chi connectivity index (χ1) is 27.5. The lowest BCUT2D eigenvalue weighted by atomic mass is 9.91. The van der Waals surface area contributed by atoms with Crippen LogP contribution < -0.4 is 10.1 Å². The largest absolute Gasteiger partial charge is 0.490 e. The minimum Gasteiger partial charge on any atom is -0.490 e. The summed E-state index contributed by atoms with van der Waals surface area (Å²) in [6.07, 6.45) is 5.40. The van der Waals surface area contributed by atoms with Gasteiger partial charge in [-0.2, -0.15) is 5.26 Å². The molecule has 1 aliphatic carbocycles. The second-order valence-corrected chi connectivity index (χ2v) is 16.1. The van der Waals surface area contributed by atoms with Crippen LogP contribution in [0.5, 0.6) is 5.75 Å². The van der Waals surface area contributed by atoms with E-state index in [4.69, 9.17) is 21.6 Å². The number of halogens is 1. The molecule has 3 aromatic rings. The number of carbonyl (C=O) groups excluding carboxylic acids is 6. The Morgan fingerprint density at radius 2 is 1.53 bits per heavy atom. The average Bonchev–Trinajstić information content (AvgIpc) is 3.31. The van der Waals surface area contributed by atoms with Crippen molar-refractivity contribution < 1.29 is 33.5 Å². The number of imide groups is 2. The highest BCUT2D eigenvalue weighted by Crippen LogP contribution is 2.33. The van der Waals surface area contributed by atoms with E-state index >= 15 is 0 Å². The molecular weight excluding hydrogens is 748 g/mol. The second-order valence-electron chi connectivity index (χ2n) is 15.7. The van der Waals surface area contributed by atoms with E-state index in [0.717, 1.165) is 53.7 Å². The number of fused-ring (bicyclic) bond motifs is 3. The summed E-state index contributed by atoms with van der Waals surface area (Å²) in [5.74, 6) is -1.55. The molecule has 294 valence electrons. The number of ether oxygens (including phenoxy) is 1. The lowest BCUT2D eigenvalue weighted by Gasteiger charge is -2.35. The first-order valence-electron chi connectivity index (χ1n) is 19.6. The minimum atomic E-state index is -1.03. The molecule has 4 aliphatic heterocycles. The highest BCUT2D eigenvalue weighted by Gasteiger charge is 2.45. The summed E-state index contributed by atoms with van der Waals surface area (Å²) in [7, 11) is 1.87. The fourth-order valence-electron chi connectivity index (χ4n) is 8.87. The topological polar surface area (TPSA) is 160 Å². The van der Waals surface area contributed by atoms with Crippen LogP contribution in [-0.4, -0.2) is 106 Å². The molecule has 8 rings (SSSR count). The standard InChI is InChI=1S/C43H43ClN6O7/c1-47(31-5-8-32(9-6-31)57-33-7-4-29(22-45)36(44)21-33)41(54)28-3-2-25-12-15-48(16-13-26(25)18-28)24-39(52)49-17-14-27-19-34-35(20-30(27)23-49)43(56)50(42(34)55)37-10-11-38(51)46-40(37)53/h2-4,7,18-21,31-32,37H,5-6,8-17,23-24H2,1H3,(H,46,51,53)/t31-,32-,37?. The summed E-state index contributed by atoms with van der Waals surface area (Å²) in [4.78, 5) is 84.9. The number of nitriles is 1. The number of nitrogens with one attached hydrogen (secondary N) is 1. The van der Waals surface area contributed by atoms with Gasteiger partial charge < -0.3 is 14.5 Å². The van der Waals surface area contributed by atoms with Gasteiger partial charge in [0.2, 0.25) is 17.7 Å². The Morgan fingerprint density at radius 3 is 2.23 bits per heavy atom. The third kappa shape index (κ3) is 7.64. The zero-order valence-electron chi connectivity index (χ0n) is 31.7. The Hall–Kier alpha value is -5.58. The number of hydrogen-bond acceptors (Lipinski definition) is 9. The summed E-state index contributed by atoms with van der Waals surface area (Å²) < 4.78 is 6.15. The van der Waals surface area contributed by atoms with Crippen molar-refractivity contribution in [3.63, 3.8) is 0 Å². The summed E-state index contributed by atoms with van der Waals surface area (Å²) in [6, 6.07) is 15.6. The fourth-order valence-corrected chi connectivity index (χ4v) is 9.08. The molecule has 1 saturated heterocycles. The van der Waals surface area contributed by atoms with Gasteiger partial charge in [-0.3, -0.25) is 43.9 Å². The molecule has 1 unspecified atom stereocenters. The van der Waals surface area contributed by atoms with Crippen molar-refractivity contribution in [1.82, 2.24) is 24.9 Å². The molecule has 13 nitrogen and oxygen atoms in total. The van der Waals surface area contributed by atoms with Gasteiger partial charge in [0.1, 0.15) is 17.9 Å². The van der Waals surface area contributed by atoms with Crippen molar-refractivity contribution >= 4 is 47.0 Å². The monoisotopic (exact) mass is 790 g/mol. The Balaban J connectivity index is 0.839. The Kier molecular flexibility index (Phi) is 10.6. The second kappa shape index (κ2) is 15.8. The van der Waals surface area contributed by atoms with Gasteiger partial charge in [0.15, 0.2) is 0 Å². The van der Waals surface area contributed by atoms with Crippen LogP contribution in [0.15, 0.2) is 48.5 Å². The quantitative estimate of drug-likeness (QED) is 0.349. The number of benzene rings is 3. The molecule has 4 heterocycles. The van der Waals surface area contributed by atoms with Crippen LogP contribution in [0.2, 0.25) is 5.02 Å². The highest BCUT2D eigenvalue weighted by atomic mass is 35.5. The molecule has 14 heteroatoms. The first kappa shape index (κ1) is 38.3. The molecule has 1 N–H and O–H groups in total. The van der Waals surface area contributed by atoms with Gasteiger partial charge in [-0.1, -0.05) is 17.7 Å². The van der Waals surface area contributed by atoms with E-state index < -0.39 is 29.7 Å². The summed E-state index contributed by atoms with van der Waals surface area (Å²) in [5, 5.41) is 11.7. The van der Waals surface area contributed by atoms with E-state index in [1.807, 2.05) is 30.1 Å². The smallest absolute Gasteiger partial charge is 0.262 e. The maximum atomic E-state index is 13.7. The molecule has 6 amide bonds. The van der Waals surface area contributed by atoms with Gasteiger partial charge >= 0.3 is 0 Å². The summed E-state index contributed by atoms with van der Waals surface area (Å²) in [6.45, 7) is 2.42. The van der Waals surface area contributed by atoms with E-state index in [0.29, 0.717) is 60.9 Å². The zero-order valence-corrected chi connectivity index (χ0v) is 32.5.